The van der Waals surface area contributed by atoms with E-state index in [0.717, 1.165) is 12.5 Å². The summed E-state index contributed by atoms with van der Waals surface area (Å²) in [4.78, 5) is 12.8. The van der Waals surface area contributed by atoms with Crippen molar-refractivity contribution in [2.45, 2.75) is 24.8 Å². The molecule has 0 heterocycles. The lowest BCUT2D eigenvalue weighted by molar-refractivity contribution is 0.102. The van der Waals surface area contributed by atoms with E-state index in [-0.39, 0.29) is 16.3 Å². The van der Waals surface area contributed by atoms with Gasteiger partial charge in [-0.15, -0.1) is 0 Å². The minimum absolute atomic E-state index is 0.0330. The summed E-state index contributed by atoms with van der Waals surface area (Å²) in [5.41, 5.74) is 0.140. The van der Waals surface area contributed by atoms with Gasteiger partial charge in [-0.05, 0) is 60.7 Å². The third-order valence-corrected chi connectivity index (χ3v) is 6.90. The third-order valence-electron chi connectivity index (χ3n) is 5.29. The van der Waals surface area contributed by atoms with Crippen molar-refractivity contribution in [3.8, 4) is 0 Å². The first-order valence-electron chi connectivity index (χ1n) is 9.88. The summed E-state index contributed by atoms with van der Waals surface area (Å²) in [7, 11) is -4.35. The number of hydrogen-bond donors (Lipinski definition) is 2. The normalized spacial score (nSPS) is 14.0. The zero-order valence-electron chi connectivity index (χ0n) is 16.7. The highest BCUT2D eigenvalue weighted by atomic mass is 35.5. The Morgan fingerprint density at radius 1 is 1.00 bits per heavy atom. The van der Waals surface area contributed by atoms with Crippen molar-refractivity contribution >= 4 is 38.9 Å². The van der Waals surface area contributed by atoms with Gasteiger partial charge in [0.15, 0.2) is 0 Å². The molecule has 2 N–H and O–H groups in total. The zero-order valence-corrected chi connectivity index (χ0v) is 18.3. The molecule has 3 aromatic carbocycles. The van der Waals surface area contributed by atoms with Crippen molar-refractivity contribution < 1.29 is 22.0 Å². The minimum atomic E-state index is -4.35. The molecule has 5 nitrogen and oxygen atoms in total. The Kier molecular flexibility index (Phi) is 6.17. The van der Waals surface area contributed by atoms with E-state index in [2.05, 4.69) is 10.0 Å². The highest BCUT2D eigenvalue weighted by Crippen LogP contribution is 2.35. The quantitative estimate of drug-likeness (QED) is 0.484. The largest absolute Gasteiger partial charge is 0.322 e. The molecule has 3 aromatic rings. The first kappa shape index (κ1) is 22.2. The molecule has 0 radical (unpaired) electrons. The molecule has 1 atom stereocenters. The number of amides is 1. The van der Waals surface area contributed by atoms with Gasteiger partial charge in [0.05, 0.1) is 10.7 Å². The summed E-state index contributed by atoms with van der Waals surface area (Å²) in [6.45, 7) is 0. The lowest BCUT2D eigenvalue weighted by atomic mass is 10.0. The van der Waals surface area contributed by atoms with Crippen molar-refractivity contribution in [2.75, 3.05) is 10.0 Å². The van der Waals surface area contributed by atoms with Crippen LogP contribution < -0.4 is 10.0 Å². The van der Waals surface area contributed by atoms with Crippen molar-refractivity contribution in [3.63, 3.8) is 0 Å². The Hall–Kier alpha value is -2.97. The average molecular weight is 477 g/mol. The number of fused-ring (bicyclic) bond motifs is 1. The van der Waals surface area contributed by atoms with Crippen LogP contribution in [-0.4, -0.2) is 14.3 Å². The van der Waals surface area contributed by atoms with Crippen LogP contribution in [0, 0.1) is 5.82 Å². The molecule has 0 aliphatic heterocycles. The molecular formula is C23H19ClF2N2O3S. The number of carbonyl (C=O) groups is 1. The fourth-order valence-corrected chi connectivity index (χ4v) is 5.07. The Balaban J connectivity index is 1.59. The van der Waals surface area contributed by atoms with E-state index in [1.54, 1.807) is 18.2 Å². The van der Waals surface area contributed by atoms with E-state index < -0.39 is 27.3 Å². The number of rotatable bonds is 6. The lowest BCUT2D eigenvalue weighted by Gasteiger charge is -2.17. The van der Waals surface area contributed by atoms with Crippen LogP contribution >= 0.6 is 11.6 Å². The van der Waals surface area contributed by atoms with Gasteiger partial charge >= 0.3 is 0 Å². The monoisotopic (exact) mass is 476 g/mol. The van der Waals surface area contributed by atoms with E-state index in [9.17, 15) is 22.0 Å². The molecule has 9 heteroatoms. The van der Waals surface area contributed by atoms with Crippen LogP contribution in [0.4, 0.5) is 20.2 Å². The summed E-state index contributed by atoms with van der Waals surface area (Å²) in [6.07, 6.45) is 1.86. The van der Waals surface area contributed by atoms with Gasteiger partial charge in [0, 0.05) is 16.8 Å². The maximum atomic E-state index is 14.7. The van der Waals surface area contributed by atoms with Gasteiger partial charge in [-0.1, -0.05) is 41.9 Å². The third kappa shape index (κ3) is 4.47. The highest BCUT2D eigenvalue weighted by Gasteiger charge is 2.29. The molecule has 32 heavy (non-hydrogen) atoms. The topological polar surface area (TPSA) is 75.3 Å². The molecular weight excluding hydrogens is 458 g/mol. The Labute approximate surface area is 189 Å². The summed E-state index contributed by atoms with van der Waals surface area (Å²) >= 11 is 5.77. The van der Waals surface area contributed by atoms with E-state index in [0.29, 0.717) is 35.2 Å². The number of alkyl halides is 1. The van der Waals surface area contributed by atoms with Crippen LogP contribution in [0.2, 0.25) is 5.02 Å². The molecule has 0 aromatic heterocycles. The first-order chi connectivity index (χ1) is 15.3. The average Bonchev–Trinajstić information content (AvgIpc) is 3.27. The lowest BCUT2D eigenvalue weighted by Crippen LogP contribution is -2.20. The van der Waals surface area contributed by atoms with Crippen molar-refractivity contribution in [3.05, 3.63) is 93.8 Å². The maximum Gasteiger partial charge on any atom is 0.269 e. The van der Waals surface area contributed by atoms with Gasteiger partial charge in [-0.3, -0.25) is 9.52 Å². The summed E-state index contributed by atoms with van der Waals surface area (Å²) in [5, 5.41) is 2.56. The SMILES string of the molecule is O=C(Nc1ccc(F)c(Cl)c1)c1ccc(NS(=O)(=O)[C@H](F)c2ccccc2)c2c1CCC2. The van der Waals surface area contributed by atoms with Gasteiger partial charge in [0.1, 0.15) is 5.82 Å². The molecule has 0 saturated carbocycles. The van der Waals surface area contributed by atoms with Gasteiger partial charge in [0.2, 0.25) is 5.50 Å². The molecule has 1 aliphatic carbocycles. The van der Waals surface area contributed by atoms with Gasteiger partial charge in [-0.25, -0.2) is 17.2 Å². The van der Waals surface area contributed by atoms with E-state index >= 15 is 0 Å². The van der Waals surface area contributed by atoms with E-state index in [4.69, 9.17) is 11.6 Å². The van der Waals surface area contributed by atoms with E-state index in [1.165, 1.54) is 36.4 Å². The Morgan fingerprint density at radius 2 is 1.72 bits per heavy atom. The van der Waals surface area contributed by atoms with Gasteiger partial charge in [-0.2, -0.15) is 0 Å². The van der Waals surface area contributed by atoms with Gasteiger partial charge in [0.25, 0.3) is 15.9 Å². The van der Waals surface area contributed by atoms with Crippen molar-refractivity contribution in [1.82, 2.24) is 0 Å². The molecule has 0 unspecified atom stereocenters. The number of halogens is 3. The molecule has 0 spiro atoms. The number of benzene rings is 3. The first-order valence-corrected chi connectivity index (χ1v) is 11.8. The molecule has 166 valence electrons. The van der Waals surface area contributed by atoms with Crippen molar-refractivity contribution in [2.24, 2.45) is 0 Å². The van der Waals surface area contributed by atoms with Crippen molar-refractivity contribution in [1.29, 1.82) is 0 Å². The smallest absolute Gasteiger partial charge is 0.269 e. The molecule has 1 aliphatic rings. The second-order valence-corrected chi connectivity index (χ2v) is 9.54. The molecule has 1 amide bonds. The molecule has 0 saturated heterocycles. The summed E-state index contributed by atoms with van der Waals surface area (Å²) < 4.78 is 55.6. The number of carbonyl (C=O) groups excluding carboxylic acids is 1. The van der Waals surface area contributed by atoms with Crippen LogP contribution in [0.1, 0.15) is 39.0 Å². The van der Waals surface area contributed by atoms with Crippen LogP contribution in [-0.2, 0) is 22.9 Å². The Bertz CT molecular complexity index is 1280. The zero-order chi connectivity index (χ0) is 22.9. The maximum absolute atomic E-state index is 14.7. The highest BCUT2D eigenvalue weighted by molar-refractivity contribution is 7.92. The van der Waals surface area contributed by atoms with E-state index in [1.807, 2.05) is 0 Å². The number of anilines is 2. The number of sulfonamides is 1. The number of hydrogen-bond acceptors (Lipinski definition) is 3. The van der Waals surface area contributed by atoms with Crippen LogP contribution in [0.5, 0.6) is 0 Å². The van der Waals surface area contributed by atoms with Gasteiger partial charge < -0.3 is 5.32 Å². The summed E-state index contributed by atoms with van der Waals surface area (Å²) in [5.74, 6) is -1.02. The predicted molar refractivity (Wildman–Crippen MR) is 121 cm³/mol. The predicted octanol–water partition coefficient (Wildman–Crippen LogP) is 5.63. The fourth-order valence-electron chi connectivity index (χ4n) is 3.78. The second-order valence-electron chi connectivity index (χ2n) is 7.43. The molecule has 0 fully saturated rings. The minimum Gasteiger partial charge on any atom is -0.322 e. The summed E-state index contributed by atoms with van der Waals surface area (Å²) in [6, 6.07) is 14.4. The van der Waals surface area contributed by atoms with Crippen LogP contribution in [0.15, 0.2) is 60.7 Å². The van der Waals surface area contributed by atoms with Crippen LogP contribution in [0.25, 0.3) is 0 Å². The second kappa shape index (κ2) is 8.88. The Morgan fingerprint density at radius 3 is 2.44 bits per heavy atom. The molecule has 4 rings (SSSR count). The van der Waals surface area contributed by atoms with Crippen LogP contribution in [0.3, 0.4) is 0 Å². The standard InChI is InChI=1S/C23H19ClF2N2O3S/c24-19-13-15(9-11-20(19)25)27-23(29)18-10-12-21(17-8-4-7-16(17)18)28-32(30,31)22(26)14-5-2-1-3-6-14/h1-3,5-6,9-13,22,28H,4,7-8H2,(H,27,29)/t22-/m0/s1. The molecule has 0 bridgehead atoms. The number of nitrogens with one attached hydrogen (secondary N) is 2. The fraction of sp³-hybridized carbons (Fsp3) is 0.174.